The number of aliphatic hydroxyl groups excluding tert-OH is 12. The number of hydrogen-bond acceptors (Lipinski definition) is 27. The number of carboxylic acid groups (broad SMARTS) is 1. The molecule has 0 aliphatic rings. The van der Waals surface area contributed by atoms with Crippen LogP contribution in [-0.2, 0) is 57.8 Å². The molecule has 0 saturated heterocycles. The predicted molar refractivity (Wildman–Crippen MR) is 388 cm³/mol. The summed E-state index contributed by atoms with van der Waals surface area (Å²) in [5.41, 5.74) is 2.08. The highest BCUT2D eigenvalue weighted by molar-refractivity contribution is 5.85. The van der Waals surface area contributed by atoms with Crippen molar-refractivity contribution in [1.82, 2.24) is 20.2 Å². The van der Waals surface area contributed by atoms with Crippen molar-refractivity contribution in [3.63, 3.8) is 0 Å². The van der Waals surface area contributed by atoms with Crippen molar-refractivity contribution in [2.75, 3.05) is 245 Å². The molecule has 0 spiro atoms. The Morgan fingerprint density at radius 3 is 1.04 bits per heavy atom. The van der Waals surface area contributed by atoms with E-state index in [1.54, 1.807) is 25.7 Å². The van der Waals surface area contributed by atoms with Gasteiger partial charge in [0, 0.05) is 66.7 Å². The Morgan fingerprint density at radius 1 is 0.434 bits per heavy atom. The minimum Gasteiger partial charge on any atom is -0.477 e. The molecular weight excluding hydrogens is 1350 g/mol. The first-order valence-electron chi connectivity index (χ1n) is 30.9. The Labute approximate surface area is 607 Å². The summed E-state index contributed by atoms with van der Waals surface area (Å²) in [6, 6.07) is 0. The van der Waals surface area contributed by atoms with Crippen molar-refractivity contribution in [2.45, 2.75) is 88.5 Å². The van der Waals surface area contributed by atoms with Crippen LogP contribution in [-0.4, -0.2) is 403 Å². The van der Waals surface area contributed by atoms with Gasteiger partial charge in [-0.3, -0.25) is 48.1 Å². The summed E-state index contributed by atoms with van der Waals surface area (Å²) in [7, 11) is 9.74. The largest absolute Gasteiger partial charge is 0.477 e. The summed E-state index contributed by atoms with van der Waals surface area (Å²) >= 11 is 0. The predicted octanol–water partition coefficient (Wildman–Crippen LogP) is -2.67. The monoisotopic (exact) mass is 1490 g/mol. The smallest absolute Gasteiger partial charge is 0.359 e. The summed E-state index contributed by atoms with van der Waals surface area (Å²) in [5, 5.41) is 113. The van der Waals surface area contributed by atoms with Gasteiger partial charge in [0.2, 0.25) is 5.91 Å². The number of carbonyl (C=O) groups excluding carboxylic acids is 9. The molecule has 604 valence electrons. The zero-order valence-corrected chi connectivity index (χ0v) is 65.6. The maximum atomic E-state index is 11.0. The number of likely N-dealkylation sites (N-methyl/N-ethyl adjacent to an activating group) is 2. The Morgan fingerprint density at radius 2 is 0.778 bits per heavy atom. The van der Waals surface area contributed by atoms with E-state index < -0.39 is 5.97 Å². The van der Waals surface area contributed by atoms with Crippen LogP contribution < -0.4 is 5.48 Å². The third-order valence-corrected chi connectivity index (χ3v) is 12.0. The van der Waals surface area contributed by atoms with Gasteiger partial charge in [0.15, 0.2) is 29.7 Å². The quantitative estimate of drug-likeness (QED) is 0.00738. The third-order valence-electron chi connectivity index (χ3n) is 12.0. The maximum Gasteiger partial charge on any atom is 0.359 e. The Balaban J connectivity index is -0.0000000622. The first-order chi connectivity index (χ1) is 43.4. The fourth-order valence-corrected chi connectivity index (χ4v) is 8.11. The molecule has 0 aromatic heterocycles. The number of halogens is 2. The molecule has 35 heteroatoms. The first kappa shape index (κ1) is 131. The second-order valence-corrected chi connectivity index (χ2v) is 22.3. The molecular formula is C64H144Cl2N8O25. The lowest BCUT2D eigenvalue weighted by Gasteiger charge is -2.36. The number of rotatable bonds is 46. The molecule has 99 heavy (non-hydrogen) atoms. The normalized spacial score (nSPS) is 9.99. The number of nitrogens with zero attached hydrogens (tertiary/aromatic N) is 7. The lowest BCUT2D eigenvalue weighted by Crippen LogP contribution is -2.56. The topological polar surface area (TPSA) is 474 Å². The highest BCUT2D eigenvalue weighted by atomic mass is 35.5. The molecule has 0 aliphatic heterocycles. The standard InChI is InChI=1S/C9H17NO5.C9H20NO4.C8H18NO3.2C7H15NO3.C7H16NO2.C7H15NO.C4H7NO4.C2H6.4CH3.2ClH/c1-8(13)6-10(2-4-11,3-5-12)7-9(14)15;1-9(14)8-10(2-5-11,3-6-12)4-7-13;1-8(12)7-9(2,3-5-10)4-6-11;1-7(11)6-8(2-4-9)3-5-10;1-2-7(11)8(3-5-9)4-6-10;1-7(10)6-8(2,3)4-5-9;1-7(9)5-4-6-8(2)3;1-4(7)2-5-9-8-3-6;1-2;;;;;;/h11-12H,2-7H2,1H3;11-13H,2-8H2,1H3;10-11H,3-7H2,1-2H3;2*9-10H,2-6H2,1H3;9H,4-6H2,1-3H3;4-6H2,1-3H3;3,5H,2H2,1H3;1-2H3;4*1H3;2*1H/q;2*+1;;;+1;;;;4*-1;;/p+1. The minimum atomic E-state index is -1.04. The van der Waals surface area contributed by atoms with Crippen LogP contribution in [0.25, 0.3) is 0 Å². The number of Topliss-reactive ketones (excluding diaryl/α,β-unsaturated/α-hetero) is 7. The van der Waals surface area contributed by atoms with Crippen molar-refractivity contribution in [2.24, 2.45) is 0 Å². The number of nitrogens with one attached hydrogen (secondary N) is 1. The van der Waals surface area contributed by atoms with Crippen molar-refractivity contribution < 1.29 is 142 Å². The van der Waals surface area contributed by atoms with E-state index in [2.05, 4.69) is 20.3 Å². The number of aliphatic hydroxyl groups is 12. The van der Waals surface area contributed by atoms with Crippen LogP contribution in [0.5, 0.6) is 0 Å². The van der Waals surface area contributed by atoms with Gasteiger partial charge in [-0.1, -0.05) is 25.8 Å². The maximum absolute atomic E-state index is 11.0. The second kappa shape index (κ2) is 90.0. The van der Waals surface area contributed by atoms with E-state index in [1.165, 1.54) is 39.5 Å². The Kier molecular flexibility index (Phi) is 119. The number of carbonyl (C=O) groups is 10. The van der Waals surface area contributed by atoms with E-state index >= 15 is 0 Å². The number of hydroxylamine groups is 1. The molecule has 0 fully saturated rings. The fraction of sp³-hybridized carbons (Fsp3) is 0.781. The van der Waals surface area contributed by atoms with Gasteiger partial charge in [-0.15, -0.1) is 24.8 Å². The van der Waals surface area contributed by atoms with Gasteiger partial charge in [-0.05, 0) is 47.8 Å². The van der Waals surface area contributed by atoms with E-state index in [1.807, 2.05) is 49.1 Å². The van der Waals surface area contributed by atoms with Gasteiger partial charge in [0.25, 0.3) is 0 Å². The number of aliphatic carboxylic acids is 1. The van der Waals surface area contributed by atoms with Gasteiger partial charge >= 0.3 is 12.4 Å². The third kappa shape index (κ3) is 105. The molecule has 0 rings (SSSR count). The number of ketones is 7. The van der Waals surface area contributed by atoms with Crippen LogP contribution in [0.4, 0.5) is 0 Å². The lowest BCUT2D eigenvalue weighted by atomic mass is 10.2. The van der Waals surface area contributed by atoms with Crippen LogP contribution in [0.3, 0.4) is 0 Å². The van der Waals surface area contributed by atoms with E-state index in [9.17, 15) is 47.9 Å². The molecule has 0 saturated carbocycles. The van der Waals surface area contributed by atoms with Crippen molar-refractivity contribution in [3.05, 3.63) is 29.7 Å². The van der Waals surface area contributed by atoms with Crippen LogP contribution >= 0.6 is 24.8 Å². The molecule has 33 nitrogen and oxygen atoms in total. The van der Waals surface area contributed by atoms with Crippen LogP contribution in [0.2, 0.25) is 0 Å². The van der Waals surface area contributed by atoms with Crippen LogP contribution in [0.1, 0.15) is 88.5 Å². The van der Waals surface area contributed by atoms with E-state index in [-0.39, 0.29) is 235 Å². The van der Waals surface area contributed by atoms with Gasteiger partial charge in [0.05, 0.1) is 114 Å². The number of carboxylic acids is 1. The van der Waals surface area contributed by atoms with Crippen molar-refractivity contribution in [1.29, 1.82) is 0 Å². The number of hydrogen-bond donors (Lipinski definition) is 14. The summed E-state index contributed by atoms with van der Waals surface area (Å²) in [4.78, 5) is 119. The van der Waals surface area contributed by atoms with Gasteiger partial charge in [-0.25, -0.2) is 4.79 Å². The van der Waals surface area contributed by atoms with Gasteiger partial charge in [0.1, 0.15) is 95.9 Å². The number of amides is 1. The first-order valence-corrected chi connectivity index (χ1v) is 30.9. The highest BCUT2D eigenvalue weighted by Gasteiger charge is 2.31. The molecule has 0 aromatic carbocycles. The molecule has 0 atom stereocenters. The van der Waals surface area contributed by atoms with Crippen molar-refractivity contribution in [3.8, 4) is 0 Å². The summed E-state index contributed by atoms with van der Waals surface area (Å²) in [6.07, 6.45) is 2.13. The van der Waals surface area contributed by atoms with E-state index in [0.717, 1.165) is 19.4 Å². The molecule has 0 unspecified atom stereocenters. The zero-order chi connectivity index (χ0) is 74.5. The minimum absolute atomic E-state index is 0. The van der Waals surface area contributed by atoms with Crippen LogP contribution in [0, 0.1) is 29.7 Å². The summed E-state index contributed by atoms with van der Waals surface area (Å²) in [6.45, 7) is 22.8. The Bertz CT molecular complexity index is 1810. The molecule has 0 bridgehead atoms. The Hall–Kier alpha value is -4.12. The highest BCUT2D eigenvalue weighted by Crippen LogP contribution is 2.08. The van der Waals surface area contributed by atoms with Crippen LogP contribution in [0.15, 0.2) is 0 Å². The lowest BCUT2D eigenvalue weighted by molar-refractivity contribution is -0.921. The molecule has 0 aliphatic carbocycles. The van der Waals surface area contributed by atoms with E-state index in [0.29, 0.717) is 100 Å². The SMILES string of the molecule is CC.CC(=O)CCCN(C)C.CC(=O)CN(CCO)CCO.CC(=O)CNOOC=O.CC(=O)C[N+](C)(C)CCO.CC(=O)C[N+](C)(CCO)CCO.CC(=O)C[N+](CCO)(CCO)CC(=O)O.CC(=O)C[N+](CCO)(CCO)CCO.CCC(=O)N(CCO)CCO.Cl.Cl.[CH3-].[CH3-].[CH3-].[CH3-]. The average Bonchev–Trinajstić information content (AvgIpc) is 0.895. The molecule has 0 radical (unpaired) electrons. The number of quaternary nitrogens is 4. The van der Waals surface area contributed by atoms with E-state index in [4.69, 9.17) is 66.4 Å². The average molecular weight is 1500 g/mol. The molecule has 14 N–H and O–H groups in total. The van der Waals surface area contributed by atoms with Gasteiger partial charge in [-0.2, -0.15) is 5.48 Å². The molecule has 0 heterocycles. The molecule has 1 amide bonds. The fourth-order valence-electron chi connectivity index (χ4n) is 8.11. The zero-order valence-electron chi connectivity index (χ0n) is 64.0. The summed E-state index contributed by atoms with van der Waals surface area (Å²) in [5.74, 6) is -0.754. The van der Waals surface area contributed by atoms with Gasteiger partial charge < -0.3 is 129 Å². The second-order valence-electron chi connectivity index (χ2n) is 22.3. The molecule has 0 aromatic rings. The van der Waals surface area contributed by atoms with Crippen molar-refractivity contribution >= 4 is 83.6 Å². The summed E-state index contributed by atoms with van der Waals surface area (Å²) < 4.78 is 1.16.